The first-order valence-electron chi connectivity index (χ1n) is 5.84. The van der Waals surface area contributed by atoms with Crippen molar-refractivity contribution in [1.29, 1.82) is 0 Å². The van der Waals surface area contributed by atoms with Crippen LogP contribution in [0, 0.1) is 11.8 Å². The van der Waals surface area contributed by atoms with Gasteiger partial charge in [-0.1, -0.05) is 12.2 Å². The molecule has 1 aliphatic heterocycles. The third-order valence-corrected chi connectivity index (χ3v) is 9.18. The van der Waals surface area contributed by atoms with E-state index in [9.17, 15) is 0 Å². The van der Waals surface area contributed by atoms with Gasteiger partial charge in [0.1, 0.15) is 0 Å². The van der Waals surface area contributed by atoms with Crippen molar-refractivity contribution < 1.29 is 0 Å². The number of nitrogens with zero attached hydrogens (tertiary/aromatic N) is 1. The van der Waals surface area contributed by atoms with Crippen molar-refractivity contribution in [3.8, 4) is 0 Å². The first kappa shape index (κ1) is 9.29. The molecule has 1 saturated carbocycles. The summed E-state index contributed by atoms with van der Waals surface area (Å²) >= 11 is 0. The minimum absolute atomic E-state index is 0.410. The lowest BCUT2D eigenvalue weighted by molar-refractivity contribution is 0.570. The van der Waals surface area contributed by atoms with E-state index in [2.05, 4.69) is 29.8 Å². The lowest BCUT2D eigenvalue weighted by Gasteiger charge is -2.46. The van der Waals surface area contributed by atoms with Crippen molar-refractivity contribution in [2.45, 2.75) is 24.5 Å². The van der Waals surface area contributed by atoms with Crippen molar-refractivity contribution in [3.63, 3.8) is 0 Å². The van der Waals surface area contributed by atoms with Gasteiger partial charge in [0.25, 0.3) is 0 Å². The SMILES string of the molecule is CN1CCCS1(C)C1CC2C=CC1C2. The molecule has 2 heteroatoms. The molecule has 0 amide bonds. The van der Waals surface area contributed by atoms with Crippen molar-refractivity contribution in [2.24, 2.45) is 11.8 Å². The molecule has 0 aromatic heterocycles. The van der Waals surface area contributed by atoms with Gasteiger partial charge in [-0.05, 0) is 50.2 Å². The molecule has 0 spiro atoms. The highest BCUT2D eigenvalue weighted by Crippen LogP contribution is 2.64. The highest BCUT2D eigenvalue weighted by Gasteiger charge is 2.46. The van der Waals surface area contributed by atoms with E-state index >= 15 is 0 Å². The van der Waals surface area contributed by atoms with Crippen LogP contribution < -0.4 is 0 Å². The predicted octanol–water partition coefficient (Wildman–Crippen LogP) is 2.64. The largest absolute Gasteiger partial charge is 0.271 e. The molecular formula is C12H21NS. The molecule has 0 N–H and O–H groups in total. The van der Waals surface area contributed by atoms with Gasteiger partial charge < -0.3 is 0 Å². The Morgan fingerprint density at radius 1 is 1.29 bits per heavy atom. The maximum Gasteiger partial charge on any atom is 0.00787 e. The Hall–Kier alpha value is 0.0500. The molecule has 0 aromatic carbocycles. The Balaban J connectivity index is 1.85. The van der Waals surface area contributed by atoms with Gasteiger partial charge in [0.05, 0.1) is 0 Å². The van der Waals surface area contributed by atoms with E-state index in [0.29, 0.717) is 0 Å². The normalized spacial score (nSPS) is 56.6. The standard InChI is InChI=1S/C12H21NS/c1-13-6-3-7-14(13,2)12-9-10-4-5-11(12)8-10/h4-5,10-12H,3,6-9H2,1-2H3. The van der Waals surface area contributed by atoms with E-state index in [1.165, 1.54) is 31.6 Å². The first-order valence-corrected chi connectivity index (χ1v) is 8.08. The summed E-state index contributed by atoms with van der Waals surface area (Å²) in [5.41, 5.74) is 0. The van der Waals surface area contributed by atoms with E-state index in [4.69, 9.17) is 0 Å². The van der Waals surface area contributed by atoms with E-state index < -0.39 is 10.2 Å². The quantitative estimate of drug-likeness (QED) is 0.603. The van der Waals surface area contributed by atoms with E-state index in [1.807, 2.05) is 0 Å². The average Bonchev–Trinajstić information content (AvgIpc) is 2.83. The van der Waals surface area contributed by atoms with Gasteiger partial charge >= 0.3 is 0 Å². The lowest BCUT2D eigenvalue weighted by Crippen LogP contribution is -2.31. The van der Waals surface area contributed by atoms with Crippen LogP contribution >= 0.6 is 10.2 Å². The van der Waals surface area contributed by atoms with Gasteiger partial charge in [0, 0.05) is 11.8 Å². The average molecular weight is 211 g/mol. The number of rotatable bonds is 1. The molecule has 1 nitrogen and oxygen atoms in total. The molecular weight excluding hydrogens is 190 g/mol. The molecule has 3 rings (SSSR count). The number of fused-ring (bicyclic) bond motifs is 2. The Labute approximate surface area is 89.0 Å². The molecule has 1 heterocycles. The molecule has 1 saturated heterocycles. The van der Waals surface area contributed by atoms with Crippen LogP contribution in [-0.2, 0) is 0 Å². The van der Waals surface area contributed by atoms with Crippen LogP contribution in [0.4, 0.5) is 0 Å². The van der Waals surface area contributed by atoms with Crippen LogP contribution in [0.5, 0.6) is 0 Å². The zero-order valence-corrected chi connectivity index (χ0v) is 10.1. The van der Waals surface area contributed by atoms with Crippen molar-refractivity contribution in [1.82, 2.24) is 4.31 Å². The second-order valence-corrected chi connectivity index (χ2v) is 9.19. The minimum atomic E-state index is -0.410. The Bertz CT molecular complexity index is 275. The zero-order chi connectivity index (χ0) is 9.76. The van der Waals surface area contributed by atoms with Crippen molar-refractivity contribution in [3.05, 3.63) is 12.2 Å². The minimum Gasteiger partial charge on any atom is -0.271 e. The fraction of sp³-hybridized carbons (Fsp3) is 0.833. The summed E-state index contributed by atoms with van der Waals surface area (Å²) in [7, 11) is 1.95. The summed E-state index contributed by atoms with van der Waals surface area (Å²) in [6.45, 7) is 1.35. The second-order valence-electron chi connectivity index (χ2n) is 5.34. The Morgan fingerprint density at radius 2 is 2.14 bits per heavy atom. The number of allylic oxidation sites excluding steroid dienone is 2. The summed E-state index contributed by atoms with van der Waals surface area (Å²) in [5.74, 6) is 3.40. The van der Waals surface area contributed by atoms with Crippen LogP contribution in [0.25, 0.3) is 0 Å². The zero-order valence-electron chi connectivity index (χ0n) is 9.28. The summed E-state index contributed by atoms with van der Waals surface area (Å²) in [4.78, 5) is 0. The first-order chi connectivity index (χ1) is 6.70. The van der Waals surface area contributed by atoms with Crippen molar-refractivity contribution in [2.75, 3.05) is 25.6 Å². The molecule has 80 valence electrons. The fourth-order valence-corrected chi connectivity index (χ4v) is 7.59. The highest BCUT2D eigenvalue weighted by atomic mass is 32.3. The third kappa shape index (κ3) is 1.13. The number of hydrogen-bond donors (Lipinski definition) is 0. The van der Waals surface area contributed by atoms with Gasteiger partial charge in [-0.3, -0.25) is 4.31 Å². The van der Waals surface area contributed by atoms with Gasteiger partial charge in [-0.15, -0.1) is 0 Å². The van der Waals surface area contributed by atoms with Gasteiger partial charge in [-0.25, -0.2) is 0 Å². The summed E-state index contributed by atoms with van der Waals surface area (Å²) in [6.07, 6.45) is 12.0. The molecule has 3 aliphatic rings. The molecule has 14 heavy (non-hydrogen) atoms. The second kappa shape index (κ2) is 3.02. The van der Waals surface area contributed by atoms with Gasteiger partial charge in [0.2, 0.25) is 0 Å². The lowest BCUT2D eigenvalue weighted by atomic mass is 10.1. The summed E-state index contributed by atoms with van der Waals surface area (Å²) in [5, 5.41) is 1.03. The fourth-order valence-electron chi connectivity index (χ4n) is 3.64. The smallest absolute Gasteiger partial charge is 0.00787 e. The maximum atomic E-state index is 2.70. The number of hydrogen-bond acceptors (Lipinski definition) is 1. The third-order valence-electron chi connectivity index (χ3n) is 4.61. The van der Waals surface area contributed by atoms with E-state index in [0.717, 1.165) is 17.1 Å². The van der Waals surface area contributed by atoms with Crippen LogP contribution in [0.1, 0.15) is 19.3 Å². The Kier molecular flexibility index (Phi) is 2.00. The molecule has 4 unspecified atom stereocenters. The van der Waals surface area contributed by atoms with Crippen LogP contribution in [0.3, 0.4) is 0 Å². The van der Waals surface area contributed by atoms with Crippen molar-refractivity contribution >= 4 is 10.2 Å². The predicted molar refractivity (Wildman–Crippen MR) is 64.8 cm³/mol. The van der Waals surface area contributed by atoms with E-state index in [1.54, 1.807) is 0 Å². The van der Waals surface area contributed by atoms with Crippen LogP contribution in [-0.4, -0.2) is 35.2 Å². The molecule has 0 aromatic rings. The van der Waals surface area contributed by atoms with Gasteiger partial charge in [0.15, 0.2) is 0 Å². The molecule has 2 bridgehead atoms. The molecule has 2 fully saturated rings. The van der Waals surface area contributed by atoms with Crippen LogP contribution in [0.15, 0.2) is 12.2 Å². The topological polar surface area (TPSA) is 3.24 Å². The molecule has 0 radical (unpaired) electrons. The molecule has 2 aliphatic carbocycles. The van der Waals surface area contributed by atoms with Crippen LogP contribution in [0.2, 0.25) is 0 Å². The maximum absolute atomic E-state index is 2.70. The Morgan fingerprint density at radius 3 is 2.64 bits per heavy atom. The molecule has 4 atom stereocenters. The summed E-state index contributed by atoms with van der Waals surface area (Å²) in [6, 6.07) is 0. The summed E-state index contributed by atoms with van der Waals surface area (Å²) < 4.78 is 2.70. The van der Waals surface area contributed by atoms with E-state index in [-0.39, 0.29) is 0 Å². The highest BCUT2D eigenvalue weighted by molar-refractivity contribution is 8.31. The monoisotopic (exact) mass is 211 g/mol. The van der Waals surface area contributed by atoms with Gasteiger partial charge in [-0.2, -0.15) is 10.2 Å².